The molecule has 0 unspecified atom stereocenters. The summed E-state index contributed by atoms with van der Waals surface area (Å²) in [5.41, 5.74) is 2.75. The summed E-state index contributed by atoms with van der Waals surface area (Å²) in [6, 6.07) is 19.6. The second kappa shape index (κ2) is 10.9. The maximum Gasteiger partial charge on any atom is 0.139 e. The van der Waals surface area contributed by atoms with Gasteiger partial charge in [0.1, 0.15) is 11.6 Å². The quantitative estimate of drug-likeness (QED) is 0.137. The minimum atomic E-state index is -0.331. The molecule has 0 aliphatic rings. The van der Waals surface area contributed by atoms with Gasteiger partial charge in [-0.05, 0) is 82.6 Å². The Kier molecular flexibility index (Phi) is 7.51. The van der Waals surface area contributed by atoms with Gasteiger partial charge in [-0.2, -0.15) is 0 Å². The van der Waals surface area contributed by atoms with Crippen molar-refractivity contribution in [2.75, 3.05) is 0 Å². The van der Waals surface area contributed by atoms with Crippen LogP contribution in [0.2, 0.25) is 0 Å². The van der Waals surface area contributed by atoms with Crippen LogP contribution in [-0.4, -0.2) is 0 Å². The van der Waals surface area contributed by atoms with Crippen LogP contribution in [0.15, 0.2) is 60.7 Å². The van der Waals surface area contributed by atoms with Gasteiger partial charge in [0, 0.05) is 21.5 Å². The first kappa shape index (κ1) is 24.7. The first-order valence-electron chi connectivity index (χ1n) is 13.8. The lowest BCUT2D eigenvalue weighted by molar-refractivity contribution is 0.635. The van der Waals surface area contributed by atoms with Crippen molar-refractivity contribution in [3.63, 3.8) is 0 Å². The predicted molar refractivity (Wildman–Crippen MR) is 152 cm³/mol. The minimum Gasteiger partial charge on any atom is -0.206 e. The van der Waals surface area contributed by atoms with E-state index in [1.807, 2.05) is 36.4 Å². The maximum atomic E-state index is 15.8. The van der Waals surface area contributed by atoms with Crippen LogP contribution in [0.3, 0.4) is 0 Å². The Bertz CT molecular complexity index is 1410. The lowest BCUT2D eigenvalue weighted by Crippen LogP contribution is -1.97. The lowest BCUT2D eigenvalue weighted by Gasteiger charge is -2.14. The highest BCUT2D eigenvalue weighted by Gasteiger charge is 2.17. The smallest absolute Gasteiger partial charge is 0.139 e. The average molecular weight is 483 g/mol. The first-order valence-corrected chi connectivity index (χ1v) is 13.8. The van der Waals surface area contributed by atoms with Crippen LogP contribution < -0.4 is 0 Å². The fourth-order valence-corrected chi connectivity index (χ4v) is 5.65. The Morgan fingerprint density at radius 2 is 0.861 bits per heavy atom. The topological polar surface area (TPSA) is 0 Å². The van der Waals surface area contributed by atoms with Gasteiger partial charge in [-0.1, -0.05) is 88.8 Å². The Hall–Kier alpha value is -3.00. The van der Waals surface area contributed by atoms with Crippen molar-refractivity contribution in [3.05, 3.63) is 83.4 Å². The third-order valence-corrected chi connectivity index (χ3v) is 7.73. The van der Waals surface area contributed by atoms with Crippen LogP contribution in [0, 0.1) is 11.6 Å². The monoisotopic (exact) mass is 482 g/mol. The van der Waals surface area contributed by atoms with E-state index in [9.17, 15) is 0 Å². The molecule has 0 saturated heterocycles. The average Bonchev–Trinajstić information content (AvgIpc) is 2.90. The summed E-state index contributed by atoms with van der Waals surface area (Å²) in [4.78, 5) is 0. The van der Waals surface area contributed by atoms with Crippen LogP contribution in [0.4, 0.5) is 8.78 Å². The van der Waals surface area contributed by atoms with Crippen molar-refractivity contribution < 1.29 is 8.78 Å². The number of benzene rings is 5. The number of aryl methyl sites for hydroxylation is 2. The Balaban J connectivity index is 1.65. The molecular weight excluding hydrogens is 446 g/mol. The molecule has 0 N–H and O–H groups in total. The molecule has 0 fully saturated rings. The van der Waals surface area contributed by atoms with E-state index in [1.165, 1.54) is 62.5 Å². The molecular formula is C34H36F2. The third-order valence-electron chi connectivity index (χ3n) is 7.73. The van der Waals surface area contributed by atoms with Gasteiger partial charge in [0.05, 0.1) is 0 Å². The van der Waals surface area contributed by atoms with Crippen molar-refractivity contribution in [2.45, 2.75) is 78.1 Å². The van der Waals surface area contributed by atoms with Gasteiger partial charge in [-0.15, -0.1) is 0 Å². The van der Waals surface area contributed by atoms with Crippen LogP contribution >= 0.6 is 0 Å². The summed E-state index contributed by atoms with van der Waals surface area (Å²) >= 11 is 0. The second-order valence-electron chi connectivity index (χ2n) is 10.4. The number of rotatable bonds is 10. The zero-order valence-corrected chi connectivity index (χ0v) is 21.6. The van der Waals surface area contributed by atoms with Crippen LogP contribution in [0.1, 0.15) is 76.3 Å². The molecule has 0 amide bonds. The highest BCUT2D eigenvalue weighted by Crippen LogP contribution is 2.36. The van der Waals surface area contributed by atoms with E-state index in [-0.39, 0.29) is 11.6 Å². The van der Waals surface area contributed by atoms with Crippen molar-refractivity contribution in [2.24, 2.45) is 0 Å². The van der Waals surface area contributed by atoms with E-state index in [2.05, 4.69) is 26.0 Å². The van der Waals surface area contributed by atoms with Gasteiger partial charge in [0.25, 0.3) is 0 Å². The molecule has 5 rings (SSSR count). The fourth-order valence-electron chi connectivity index (χ4n) is 5.65. The Labute approximate surface area is 213 Å². The number of hydrogen-bond donors (Lipinski definition) is 0. The summed E-state index contributed by atoms with van der Waals surface area (Å²) in [5, 5.41) is 5.30. The zero-order chi connectivity index (χ0) is 25.1. The number of fused-ring (bicyclic) bond motifs is 4. The van der Waals surface area contributed by atoms with E-state index in [0.717, 1.165) is 34.4 Å². The van der Waals surface area contributed by atoms with E-state index in [1.54, 1.807) is 12.1 Å². The van der Waals surface area contributed by atoms with Gasteiger partial charge in [0.2, 0.25) is 0 Å². The maximum absolute atomic E-state index is 15.8. The molecule has 5 aromatic carbocycles. The van der Waals surface area contributed by atoms with Gasteiger partial charge >= 0.3 is 0 Å². The molecule has 0 spiro atoms. The third kappa shape index (κ3) is 4.83. The number of halogens is 2. The number of hydrogen-bond acceptors (Lipinski definition) is 0. The standard InChI is InChI=1S/C34H36F2/c1-3-5-7-9-13-23-17-27-21-31-32(22-28(27)18-24(23)14-10-8-6-4-2)34(36)30-20-26-16-12-11-15-25(26)19-29(30)33(31)35/h11-12,15-22H,3-10,13-14H2,1-2H3. The summed E-state index contributed by atoms with van der Waals surface area (Å²) in [7, 11) is 0. The fraction of sp³-hybridized carbons (Fsp3) is 0.353. The molecule has 36 heavy (non-hydrogen) atoms. The van der Waals surface area contributed by atoms with Gasteiger partial charge in [-0.3, -0.25) is 0 Å². The highest BCUT2D eigenvalue weighted by atomic mass is 19.1. The molecule has 0 aromatic heterocycles. The van der Waals surface area contributed by atoms with Crippen molar-refractivity contribution in [3.8, 4) is 0 Å². The van der Waals surface area contributed by atoms with E-state index < -0.39 is 0 Å². The van der Waals surface area contributed by atoms with Crippen molar-refractivity contribution in [1.29, 1.82) is 0 Å². The van der Waals surface area contributed by atoms with E-state index in [4.69, 9.17) is 0 Å². The van der Waals surface area contributed by atoms with Crippen molar-refractivity contribution in [1.82, 2.24) is 0 Å². The van der Waals surface area contributed by atoms with Gasteiger partial charge in [-0.25, -0.2) is 8.78 Å². The minimum absolute atomic E-state index is 0.331. The number of unbranched alkanes of at least 4 members (excludes halogenated alkanes) is 6. The molecule has 0 radical (unpaired) electrons. The molecule has 5 aromatic rings. The Morgan fingerprint density at radius 1 is 0.472 bits per heavy atom. The van der Waals surface area contributed by atoms with Crippen LogP contribution in [0.25, 0.3) is 43.1 Å². The largest absolute Gasteiger partial charge is 0.206 e. The second-order valence-corrected chi connectivity index (χ2v) is 10.4. The molecule has 0 aliphatic heterocycles. The van der Waals surface area contributed by atoms with Crippen molar-refractivity contribution >= 4 is 43.1 Å². The highest BCUT2D eigenvalue weighted by molar-refractivity contribution is 6.09. The molecule has 0 atom stereocenters. The molecule has 0 aliphatic carbocycles. The van der Waals surface area contributed by atoms with E-state index >= 15 is 8.78 Å². The van der Waals surface area contributed by atoms with Crippen LogP contribution in [0.5, 0.6) is 0 Å². The lowest BCUT2D eigenvalue weighted by atomic mass is 9.91. The summed E-state index contributed by atoms with van der Waals surface area (Å²) in [6.45, 7) is 4.47. The first-order chi connectivity index (χ1) is 17.6. The SMILES string of the molecule is CCCCCCc1cc2cc3c(F)c4cc5ccccc5cc4c(F)c3cc2cc1CCCCCC. The summed E-state index contributed by atoms with van der Waals surface area (Å²) < 4.78 is 31.7. The van der Waals surface area contributed by atoms with Gasteiger partial charge < -0.3 is 0 Å². The zero-order valence-electron chi connectivity index (χ0n) is 21.6. The van der Waals surface area contributed by atoms with Crippen LogP contribution in [-0.2, 0) is 12.8 Å². The molecule has 2 heteroatoms. The molecule has 186 valence electrons. The van der Waals surface area contributed by atoms with Gasteiger partial charge in [0.15, 0.2) is 0 Å². The normalized spacial score (nSPS) is 11.9. The van der Waals surface area contributed by atoms with E-state index in [0.29, 0.717) is 21.5 Å². The summed E-state index contributed by atoms with van der Waals surface area (Å²) in [6.07, 6.45) is 11.9. The Morgan fingerprint density at radius 3 is 1.25 bits per heavy atom. The summed E-state index contributed by atoms with van der Waals surface area (Å²) in [5.74, 6) is -0.663. The molecule has 0 bridgehead atoms. The predicted octanol–water partition coefficient (Wildman–Crippen LogP) is 10.8. The molecule has 0 saturated carbocycles. The molecule has 0 heterocycles. The molecule has 0 nitrogen and oxygen atoms in total.